The number of aromatic nitrogens is 1. The number of halogens is 2. The predicted octanol–water partition coefficient (Wildman–Crippen LogP) is 0.948. The Morgan fingerprint density at radius 2 is 2.24 bits per heavy atom. The van der Waals surface area contributed by atoms with Crippen LogP contribution in [0.3, 0.4) is 0 Å². The number of nitrogens with two attached hydrogens (primary N) is 1. The van der Waals surface area contributed by atoms with Crippen molar-refractivity contribution in [3.05, 3.63) is 33.2 Å². The highest BCUT2D eigenvalue weighted by Gasteiger charge is 2.19. The maximum absolute atomic E-state index is 12.5. The molecule has 94 valence electrons. The van der Waals surface area contributed by atoms with Crippen LogP contribution in [0.4, 0.5) is 8.78 Å². The average Bonchev–Trinajstić information content (AvgIpc) is 2.28. The minimum absolute atomic E-state index is 0.0163. The van der Waals surface area contributed by atoms with E-state index in [1.807, 2.05) is 4.98 Å². The summed E-state index contributed by atoms with van der Waals surface area (Å²) in [6.07, 6.45) is -2.85. The fourth-order valence-electron chi connectivity index (χ4n) is 1.31. The number of hydrogen-bond donors (Lipinski definition) is 2. The van der Waals surface area contributed by atoms with Gasteiger partial charge in [-0.05, 0) is 18.6 Å². The Morgan fingerprint density at radius 1 is 1.59 bits per heavy atom. The number of pyridine rings is 1. The molecule has 1 aromatic rings. The largest absolute Gasteiger partial charge is 0.462 e. The number of ether oxygens (including phenoxy) is 1. The van der Waals surface area contributed by atoms with Crippen molar-refractivity contribution in [2.75, 3.05) is 6.61 Å². The van der Waals surface area contributed by atoms with E-state index >= 15 is 0 Å². The lowest BCUT2D eigenvalue weighted by molar-refractivity contribution is 0.0523. The molecular weight excluding hydrogens is 234 g/mol. The Labute approximate surface area is 95.6 Å². The number of aromatic amines is 1. The lowest BCUT2D eigenvalue weighted by atomic mass is 10.1. The summed E-state index contributed by atoms with van der Waals surface area (Å²) in [5.41, 5.74) is 3.50. The minimum Gasteiger partial charge on any atom is -0.462 e. The first-order valence-electron chi connectivity index (χ1n) is 4.92. The van der Waals surface area contributed by atoms with Gasteiger partial charge in [0.1, 0.15) is 5.56 Å². The van der Waals surface area contributed by atoms with E-state index in [-0.39, 0.29) is 24.3 Å². The molecule has 0 saturated carbocycles. The maximum Gasteiger partial charge on any atom is 0.343 e. The van der Waals surface area contributed by atoms with Gasteiger partial charge in [-0.15, -0.1) is 0 Å². The van der Waals surface area contributed by atoms with Crippen LogP contribution in [-0.2, 0) is 11.3 Å². The molecule has 0 aromatic carbocycles. The molecule has 0 aliphatic rings. The van der Waals surface area contributed by atoms with Gasteiger partial charge in [-0.25, -0.2) is 13.6 Å². The van der Waals surface area contributed by atoms with Gasteiger partial charge in [0.2, 0.25) is 0 Å². The van der Waals surface area contributed by atoms with E-state index in [0.29, 0.717) is 0 Å². The summed E-state index contributed by atoms with van der Waals surface area (Å²) in [4.78, 5) is 24.7. The first-order valence-corrected chi connectivity index (χ1v) is 4.92. The minimum atomic E-state index is -2.85. The Balaban J connectivity index is 3.27. The van der Waals surface area contributed by atoms with Crippen LogP contribution in [0.5, 0.6) is 0 Å². The van der Waals surface area contributed by atoms with Crippen LogP contribution in [0.1, 0.15) is 35.0 Å². The second-order valence-electron chi connectivity index (χ2n) is 3.18. The van der Waals surface area contributed by atoms with Crippen LogP contribution >= 0.6 is 0 Å². The van der Waals surface area contributed by atoms with Crippen molar-refractivity contribution in [1.29, 1.82) is 0 Å². The number of alkyl halides is 2. The van der Waals surface area contributed by atoms with E-state index in [0.717, 1.165) is 6.07 Å². The first-order chi connectivity index (χ1) is 8.01. The van der Waals surface area contributed by atoms with Crippen molar-refractivity contribution in [2.45, 2.75) is 19.9 Å². The van der Waals surface area contributed by atoms with Gasteiger partial charge in [0.05, 0.1) is 12.3 Å². The monoisotopic (exact) mass is 246 g/mol. The van der Waals surface area contributed by atoms with Crippen LogP contribution < -0.4 is 11.3 Å². The number of hydrogen-bond acceptors (Lipinski definition) is 4. The van der Waals surface area contributed by atoms with Crippen molar-refractivity contribution in [1.82, 2.24) is 4.98 Å². The highest BCUT2D eigenvalue weighted by atomic mass is 19.3. The normalized spacial score (nSPS) is 10.6. The summed E-state index contributed by atoms with van der Waals surface area (Å²) in [5.74, 6) is -0.857. The van der Waals surface area contributed by atoms with Crippen LogP contribution in [0.2, 0.25) is 0 Å². The average molecular weight is 246 g/mol. The summed E-state index contributed by atoms with van der Waals surface area (Å²) < 4.78 is 29.7. The quantitative estimate of drug-likeness (QED) is 0.774. The molecule has 0 amide bonds. The zero-order valence-electron chi connectivity index (χ0n) is 9.13. The maximum atomic E-state index is 12.5. The molecule has 7 heteroatoms. The van der Waals surface area contributed by atoms with Gasteiger partial charge in [-0.3, -0.25) is 4.79 Å². The fourth-order valence-corrected chi connectivity index (χ4v) is 1.31. The number of carbonyl (C=O) groups excluding carboxylic acids is 1. The molecule has 1 aromatic heterocycles. The Hall–Kier alpha value is -1.76. The zero-order chi connectivity index (χ0) is 13.0. The summed E-state index contributed by atoms with van der Waals surface area (Å²) in [6.45, 7) is 1.46. The topological polar surface area (TPSA) is 85.2 Å². The molecule has 0 spiro atoms. The molecule has 0 aliphatic heterocycles. The first kappa shape index (κ1) is 13.3. The van der Waals surface area contributed by atoms with Gasteiger partial charge < -0.3 is 15.5 Å². The van der Waals surface area contributed by atoms with E-state index in [2.05, 4.69) is 4.74 Å². The molecule has 0 fully saturated rings. The molecule has 0 aliphatic carbocycles. The van der Waals surface area contributed by atoms with Gasteiger partial charge in [0.25, 0.3) is 12.0 Å². The molecule has 5 nitrogen and oxygen atoms in total. The number of carbonyl (C=O) groups is 1. The summed E-state index contributed by atoms with van der Waals surface area (Å²) in [5, 5.41) is 0. The molecule has 3 N–H and O–H groups in total. The molecular formula is C10H12F2N2O3. The van der Waals surface area contributed by atoms with E-state index in [1.165, 1.54) is 0 Å². The van der Waals surface area contributed by atoms with Crippen LogP contribution in [-0.4, -0.2) is 17.6 Å². The van der Waals surface area contributed by atoms with Gasteiger partial charge in [0, 0.05) is 6.54 Å². The molecule has 1 rings (SSSR count). The Morgan fingerprint density at radius 3 is 2.71 bits per heavy atom. The van der Waals surface area contributed by atoms with Crippen molar-refractivity contribution in [3.8, 4) is 0 Å². The summed E-state index contributed by atoms with van der Waals surface area (Å²) >= 11 is 0. The van der Waals surface area contributed by atoms with E-state index in [4.69, 9.17) is 5.73 Å². The van der Waals surface area contributed by atoms with Crippen molar-refractivity contribution >= 4 is 5.97 Å². The lowest BCUT2D eigenvalue weighted by Crippen LogP contribution is -2.23. The summed E-state index contributed by atoms with van der Waals surface area (Å²) in [7, 11) is 0. The molecule has 17 heavy (non-hydrogen) atoms. The SMILES string of the molecule is CCOC(=O)c1cc(CN)c(C(F)F)[nH]c1=O. The number of nitrogens with one attached hydrogen (secondary N) is 1. The smallest absolute Gasteiger partial charge is 0.343 e. The number of H-pyrrole nitrogens is 1. The third kappa shape index (κ3) is 2.88. The Kier molecular flexibility index (Phi) is 4.33. The van der Waals surface area contributed by atoms with Gasteiger partial charge in [0.15, 0.2) is 0 Å². The van der Waals surface area contributed by atoms with Crippen molar-refractivity contribution in [3.63, 3.8) is 0 Å². The van der Waals surface area contributed by atoms with Crippen LogP contribution in [0.25, 0.3) is 0 Å². The fraction of sp³-hybridized carbons (Fsp3) is 0.400. The zero-order valence-corrected chi connectivity index (χ0v) is 9.13. The number of esters is 1. The van der Waals surface area contributed by atoms with E-state index in [1.54, 1.807) is 6.92 Å². The van der Waals surface area contributed by atoms with Gasteiger partial charge in [-0.1, -0.05) is 0 Å². The van der Waals surface area contributed by atoms with Crippen molar-refractivity contribution in [2.24, 2.45) is 5.73 Å². The standard InChI is InChI=1S/C10H12F2N2O3/c1-2-17-10(16)6-3-5(4-13)7(8(11)12)14-9(6)15/h3,8H,2,4,13H2,1H3,(H,14,15). The van der Waals surface area contributed by atoms with E-state index in [9.17, 15) is 18.4 Å². The van der Waals surface area contributed by atoms with Crippen molar-refractivity contribution < 1.29 is 18.3 Å². The van der Waals surface area contributed by atoms with Gasteiger partial charge >= 0.3 is 5.97 Å². The third-order valence-corrected chi connectivity index (χ3v) is 2.09. The second-order valence-corrected chi connectivity index (χ2v) is 3.18. The molecule has 1 heterocycles. The predicted molar refractivity (Wildman–Crippen MR) is 55.9 cm³/mol. The molecule has 0 atom stereocenters. The van der Waals surface area contributed by atoms with Gasteiger partial charge in [-0.2, -0.15) is 0 Å². The summed E-state index contributed by atoms with van der Waals surface area (Å²) in [6, 6.07) is 1.04. The highest BCUT2D eigenvalue weighted by Crippen LogP contribution is 2.19. The number of rotatable bonds is 4. The Bertz CT molecular complexity index is 471. The molecule has 0 saturated heterocycles. The third-order valence-electron chi connectivity index (χ3n) is 2.09. The molecule has 0 unspecified atom stereocenters. The van der Waals surface area contributed by atoms with Crippen LogP contribution in [0, 0.1) is 0 Å². The molecule has 0 radical (unpaired) electrons. The van der Waals surface area contributed by atoms with E-state index < -0.39 is 23.6 Å². The van der Waals surface area contributed by atoms with Crippen LogP contribution in [0.15, 0.2) is 10.9 Å². The second kappa shape index (κ2) is 5.53. The highest BCUT2D eigenvalue weighted by molar-refractivity contribution is 5.89. The molecule has 0 bridgehead atoms. The lowest BCUT2D eigenvalue weighted by Gasteiger charge is -2.08.